The summed E-state index contributed by atoms with van der Waals surface area (Å²) < 4.78 is 0. The van der Waals surface area contributed by atoms with Crippen molar-refractivity contribution in [1.29, 1.82) is 0 Å². The van der Waals surface area contributed by atoms with E-state index in [4.69, 9.17) is 5.53 Å². The van der Waals surface area contributed by atoms with Crippen LogP contribution in [0.5, 0.6) is 0 Å². The molecule has 1 heterocycles. The second-order valence-corrected chi connectivity index (χ2v) is 2.75. The third kappa shape index (κ3) is 1.35. The third-order valence-corrected chi connectivity index (χ3v) is 1.98. The molecule has 0 unspecified atom stereocenters. The number of fused-ring (bicyclic) bond motifs is 1. The molecular weight excluding hydrogens is 164 g/mol. The van der Waals surface area contributed by atoms with Gasteiger partial charge in [0.2, 0.25) is 0 Å². The van der Waals surface area contributed by atoms with Gasteiger partial charge in [-0.2, -0.15) is 0 Å². The molecule has 0 saturated heterocycles. The van der Waals surface area contributed by atoms with E-state index >= 15 is 0 Å². The molecule has 0 aliphatic carbocycles. The monoisotopic (exact) mass is 172 g/mol. The standard InChI is InChI=1S/C9H8N4/c10-13-12-6-7-5-11-9-4-2-1-3-8(7)9/h1-5,11H,6H2. The summed E-state index contributed by atoms with van der Waals surface area (Å²) in [6.07, 6.45) is 1.87. The number of nitrogens with zero attached hydrogens (tertiary/aromatic N) is 3. The number of rotatable bonds is 2. The van der Waals surface area contributed by atoms with Gasteiger partial charge >= 0.3 is 0 Å². The number of hydrogen-bond acceptors (Lipinski definition) is 1. The van der Waals surface area contributed by atoms with Gasteiger partial charge < -0.3 is 4.98 Å². The van der Waals surface area contributed by atoms with Crippen LogP contribution in [0.2, 0.25) is 0 Å². The third-order valence-electron chi connectivity index (χ3n) is 1.98. The van der Waals surface area contributed by atoms with Crippen molar-refractivity contribution < 1.29 is 0 Å². The van der Waals surface area contributed by atoms with E-state index in [2.05, 4.69) is 15.0 Å². The van der Waals surface area contributed by atoms with E-state index < -0.39 is 0 Å². The highest BCUT2D eigenvalue weighted by Gasteiger charge is 1.99. The molecule has 1 aromatic carbocycles. The van der Waals surface area contributed by atoms with Crippen molar-refractivity contribution in [2.24, 2.45) is 5.11 Å². The Labute approximate surface area is 74.8 Å². The molecule has 2 aromatic rings. The predicted molar refractivity (Wildman–Crippen MR) is 51.1 cm³/mol. The number of hydrogen-bond donors (Lipinski definition) is 1. The molecule has 64 valence electrons. The van der Waals surface area contributed by atoms with Gasteiger partial charge in [0.1, 0.15) is 0 Å². The van der Waals surface area contributed by atoms with E-state index in [1.807, 2.05) is 30.5 Å². The van der Waals surface area contributed by atoms with Crippen LogP contribution in [0.15, 0.2) is 35.6 Å². The zero-order chi connectivity index (χ0) is 9.10. The molecule has 1 N–H and O–H groups in total. The maximum absolute atomic E-state index is 8.19. The number of nitrogens with one attached hydrogen (secondary N) is 1. The first-order valence-corrected chi connectivity index (χ1v) is 3.97. The lowest BCUT2D eigenvalue weighted by molar-refractivity contribution is 1.06. The maximum Gasteiger partial charge on any atom is 0.0531 e. The minimum absolute atomic E-state index is 0.403. The summed E-state index contributed by atoms with van der Waals surface area (Å²) in [5.74, 6) is 0. The molecule has 0 spiro atoms. The molecule has 4 nitrogen and oxygen atoms in total. The second-order valence-electron chi connectivity index (χ2n) is 2.75. The lowest BCUT2D eigenvalue weighted by atomic mass is 10.2. The van der Waals surface area contributed by atoms with Crippen molar-refractivity contribution in [1.82, 2.24) is 4.98 Å². The van der Waals surface area contributed by atoms with Gasteiger partial charge in [-0.05, 0) is 17.2 Å². The van der Waals surface area contributed by atoms with Gasteiger partial charge in [-0.1, -0.05) is 23.3 Å². The maximum atomic E-state index is 8.19. The van der Waals surface area contributed by atoms with Gasteiger partial charge in [-0.15, -0.1) is 0 Å². The summed E-state index contributed by atoms with van der Waals surface area (Å²) in [6.45, 7) is 0.403. The average Bonchev–Trinajstić information content (AvgIpc) is 2.58. The molecule has 0 fully saturated rings. The smallest absolute Gasteiger partial charge is 0.0531 e. The second kappa shape index (κ2) is 3.21. The number of azide groups is 1. The van der Waals surface area contributed by atoms with Gasteiger partial charge in [-0.25, -0.2) is 0 Å². The number of para-hydroxylation sites is 1. The van der Waals surface area contributed by atoms with Crippen molar-refractivity contribution in [2.45, 2.75) is 6.54 Å². The van der Waals surface area contributed by atoms with Crippen LogP contribution in [-0.2, 0) is 6.54 Å². The van der Waals surface area contributed by atoms with E-state index in [-0.39, 0.29) is 0 Å². The van der Waals surface area contributed by atoms with Crippen molar-refractivity contribution in [3.05, 3.63) is 46.5 Å². The molecule has 2 rings (SSSR count). The number of aromatic nitrogens is 1. The fraction of sp³-hybridized carbons (Fsp3) is 0.111. The highest BCUT2D eigenvalue weighted by atomic mass is 15.1. The zero-order valence-electron chi connectivity index (χ0n) is 6.94. The number of aromatic amines is 1. The fourth-order valence-electron chi connectivity index (χ4n) is 1.37. The first-order valence-electron chi connectivity index (χ1n) is 3.97. The highest BCUT2D eigenvalue weighted by molar-refractivity contribution is 5.82. The Morgan fingerprint density at radius 3 is 3.08 bits per heavy atom. The zero-order valence-corrected chi connectivity index (χ0v) is 6.94. The molecular formula is C9H8N4. The van der Waals surface area contributed by atoms with Crippen LogP contribution in [0.3, 0.4) is 0 Å². The Balaban J connectivity index is 2.51. The Bertz CT molecular complexity index is 465. The summed E-state index contributed by atoms with van der Waals surface area (Å²) >= 11 is 0. The van der Waals surface area contributed by atoms with Gasteiger partial charge in [0.15, 0.2) is 0 Å². The molecule has 0 saturated carbocycles. The van der Waals surface area contributed by atoms with E-state index in [0.29, 0.717) is 6.54 Å². The van der Waals surface area contributed by atoms with Crippen LogP contribution >= 0.6 is 0 Å². The molecule has 0 bridgehead atoms. The summed E-state index contributed by atoms with van der Waals surface area (Å²) in [5.41, 5.74) is 10.3. The molecule has 4 heteroatoms. The van der Waals surface area contributed by atoms with Crippen LogP contribution < -0.4 is 0 Å². The van der Waals surface area contributed by atoms with Crippen LogP contribution in [0, 0.1) is 0 Å². The lowest BCUT2D eigenvalue weighted by Gasteiger charge is -1.90. The topological polar surface area (TPSA) is 64.6 Å². The summed E-state index contributed by atoms with van der Waals surface area (Å²) in [4.78, 5) is 5.84. The first-order chi connectivity index (χ1) is 6.42. The van der Waals surface area contributed by atoms with Crippen molar-refractivity contribution in [3.63, 3.8) is 0 Å². The van der Waals surface area contributed by atoms with E-state index in [1.54, 1.807) is 0 Å². The minimum Gasteiger partial charge on any atom is -0.361 e. The largest absolute Gasteiger partial charge is 0.361 e. The van der Waals surface area contributed by atoms with Crippen LogP contribution in [0.4, 0.5) is 0 Å². The Morgan fingerprint density at radius 1 is 1.38 bits per heavy atom. The summed E-state index contributed by atoms with van der Waals surface area (Å²) in [5, 5.41) is 4.65. The Hall–Kier alpha value is -1.93. The van der Waals surface area contributed by atoms with Gasteiger partial charge in [-0.3, -0.25) is 0 Å². The molecule has 0 aliphatic heterocycles. The quantitative estimate of drug-likeness (QED) is 0.411. The van der Waals surface area contributed by atoms with Crippen molar-refractivity contribution in [3.8, 4) is 0 Å². The Morgan fingerprint density at radius 2 is 2.23 bits per heavy atom. The van der Waals surface area contributed by atoms with Crippen LogP contribution in [-0.4, -0.2) is 4.98 Å². The van der Waals surface area contributed by atoms with Crippen LogP contribution in [0.25, 0.3) is 21.3 Å². The van der Waals surface area contributed by atoms with Gasteiger partial charge in [0.05, 0.1) is 6.54 Å². The minimum atomic E-state index is 0.403. The van der Waals surface area contributed by atoms with E-state index in [9.17, 15) is 0 Å². The molecule has 1 aromatic heterocycles. The van der Waals surface area contributed by atoms with Crippen molar-refractivity contribution >= 4 is 10.9 Å². The first kappa shape index (κ1) is 7.71. The SMILES string of the molecule is [N-]=[N+]=NCc1c[nH]c2ccccc12. The van der Waals surface area contributed by atoms with E-state index in [1.165, 1.54) is 0 Å². The highest BCUT2D eigenvalue weighted by Crippen LogP contribution is 2.17. The lowest BCUT2D eigenvalue weighted by Crippen LogP contribution is -1.74. The average molecular weight is 172 g/mol. The van der Waals surface area contributed by atoms with E-state index in [0.717, 1.165) is 16.5 Å². The molecule has 13 heavy (non-hydrogen) atoms. The number of H-pyrrole nitrogens is 1. The predicted octanol–water partition coefficient (Wildman–Crippen LogP) is 2.98. The Kier molecular flexibility index (Phi) is 1.90. The molecule has 0 aliphatic rings. The molecule has 0 atom stereocenters. The van der Waals surface area contributed by atoms with Crippen molar-refractivity contribution in [2.75, 3.05) is 0 Å². The van der Waals surface area contributed by atoms with Gasteiger partial charge in [0, 0.05) is 22.0 Å². The number of benzene rings is 1. The normalized spacial score (nSPS) is 9.85. The molecule has 0 radical (unpaired) electrons. The summed E-state index contributed by atoms with van der Waals surface area (Å²) in [6, 6.07) is 7.94. The fourth-order valence-corrected chi connectivity index (χ4v) is 1.37. The molecule has 0 amide bonds. The van der Waals surface area contributed by atoms with Crippen LogP contribution in [0.1, 0.15) is 5.56 Å². The summed E-state index contributed by atoms with van der Waals surface area (Å²) in [7, 11) is 0. The van der Waals surface area contributed by atoms with Gasteiger partial charge in [0.25, 0.3) is 0 Å².